The molecule has 1 unspecified atom stereocenters. The highest BCUT2D eigenvalue weighted by Crippen LogP contribution is 2.30. The van der Waals surface area contributed by atoms with Crippen molar-refractivity contribution >= 4 is 34.4 Å². The number of aliphatic carboxylic acids is 1. The topological polar surface area (TPSA) is 73.4 Å². The zero-order valence-corrected chi connectivity index (χ0v) is 12.1. The number of nitrogens with zero attached hydrogens (tertiary/aromatic N) is 1. The molecule has 1 aromatic carbocycles. The van der Waals surface area contributed by atoms with Gasteiger partial charge in [0.25, 0.3) is 0 Å². The average Bonchev–Trinajstić information content (AvgIpc) is 2.83. The molecule has 3 rings (SSSR count). The molecule has 0 aliphatic carbocycles. The Morgan fingerprint density at radius 1 is 1.38 bits per heavy atom. The second-order valence-corrected chi connectivity index (χ2v) is 5.52. The lowest BCUT2D eigenvalue weighted by Gasteiger charge is -2.33. The number of hydrogen-bond acceptors (Lipinski definition) is 2. The minimum atomic E-state index is -0.978. The van der Waals surface area contributed by atoms with Crippen LogP contribution < -0.4 is 0 Å². The Balaban J connectivity index is 2.03. The number of alkyl halides is 1. The molecule has 1 atom stereocenters. The summed E-state index contributed by atoms with van der Waals surface area (Å²) in [5, 5.41) is 10.5. The monoisotopic (exact) mass is 306 g/mol. The van der Waals surface area contributed by atoms with Gasteiger partial charge in [-0.25, -0.2) is 4.79 Å². The number of amides is 1. The molecule has 0 fully saturated rings. The summed E-state index contributed by atoms with van der Waals surface area (Å²) >= 11 is 5.60. The molecule has 2 heterocycles. The Kier molecular flexibility index (Phi) is 3.59. The third-order valence-electron chi connectivity index (χ3n) is 3.92. The molecule has 1 aliphatic rings. The van der Waals surface area contributed by atoms with Gasteiger partial charge in [-0.05, 0) is 11.6 Å². The second kappa shape index (κ2) is 5.41. The van der Waals surface area contributed by atoms with Crippen molar-refractivity contribution in [1.82, 2.24) is 9.88 Å². The Morgan fingerprint density at radius 3 is 2.86 bits per heavy atom. The van der Waals surface area contributed by atoms with Crippen molar-refractivity contribution in [1.29, 1.82) is 0 Å². The van der Waals surface area contributed by atoms with E-state index in [9.17, 15) is 14.7 Å². The highest BCUT2D eigenvalue weighted by Gasteiger charge is 2.35. The zero-order valence-electron chi connectivity index (χ0n) is 11.3. The van der Waals surface area contributed by atoms with Gasteiger partial charge >= 0.3 is 5.97 Å². The maximum Gasteiger partial charge on any atom is 0.326 e. The predicted molar refractivity (Wildman–Crippen MR) is 79.3 cm³/mol. The van der Waals surface area contributed by atoms with Gasteiger partial charge in [0.15, 0.2) is 0 Å². The largest absolute Gasteiger partial charge is 0.480 e. The van der Waals surface area contributed by atoms with Crippen LogP contribution in [0.25, 0.3) is 10.9 Å². The van der Waals surface area contributed by atoms with Gasteiger partial charge in [-0.2, -0.15) is 0 Å². The van der Waals surface area contributed by atoms with Crippen LogP contribution in [0.15, 0.2) is 24.3 Å². The third kappa shape index (κ3) is 2.38. The van der Waals surface area contributed by atoms with E-state index in [0.717, 1.165) is 22.2 Å². The fraction of sp³-hybridized carbons (Fsp3) is 0.333. The normalized spacial score (nSPS) is 17.8. The number of carbonyl (C=O) groups is 2. The SMILES string of the molecule is O=C(O)C1Cc2c([nH]c3ccccc23)CN1C(=O)CCCl. The summed E-state index contributed by atoms with van der Waals surface area (Å²) in [6.45, 7) is 0.288. The van der Waals surface area contributed by atoms with Crippen LogP contribution in [0.4, 0.5) is 0 Å². The smallest absolute Gasteiger partial charge is 0.326 e. The molecule has 1 aliphatic heterocycles. The quantitative estimate of drug-likeness (QED) is 0.853. The molecule has 0 radical (unpaired) electrons. The lowest BCUT2D eigenvalue weighted by atomic mass is 9.96. The highest BCUT2D eigenvalue weighted by atomic mass is 35.5. The maximum atomic E-state index is 12.1. The van der Waals surface area contributed by atoms with Gasteiger partial charge in [0.05, 0.1) is 6.54 Å². The number of carboxylic acid groups (broad SMARTS) is 1. The number of benzene rings is 1. The van der Waals surface area contributed by atoms with E-state index in [2.05, 4.69) is 4.98 Å². The number of H-pyrrole nitrogens is 1. The van der Waals surface area contributed by atoms with Crippen LogP contribution in [-0.2, 0) is 22.6 Å². The van der Waals surface area contributed by atoms with Crippen molar-refractivity contribution in [3.63, 3.8) is 0 Å². The summed E-state index contributed by atoms with van der Waals surface area (Å²) in [6.07, 6.45) is 0.476. The summed E-state index contributed by atoms with van der Waals surface area (Å²) in [7, 11) is 0. The number of carboxylic acids is 1. The average molecular weight is 307 g/mol. The van der Waals surface area contributed by atoms with E-state index in [-0.39, 0.29) is 24.8 Å². The molecule has 0 bridgehead atoms. The van der Waals surface area contributed by atoms with Gasteiger partial charge in [-0.1, -0.05) is 18.2 Å². The van der Waals surface area contributed by atoms with Gasteiger partial charge in [0.2, 0.25) is 5.91 Å². The number of carbonyl (C=O) groups excluding carboxylic acids is 1. The van der Waals surface area contributed by atoms with Crippen LogP contribution in [0.2, 0.25) is 0 Å². The van der Waals surface area contributed by atoms with Gasteiger partial charge in [-0.15, -0.1) is 11.6 Å². The lowest BCUT2D eigenvalue weighted by molar-refractivity contribution is -0.151. The van der Waals surface area contributed by atoms with Crippen molar-refractivity contribution in [3.05, 3.63) is 35.5 Å². The number of rotatable bonds is 3. The number of fused-ring (bicyclic) bond motifs is 3. The first-order valence-electron chi connectivity index (χ1n) is 6.78. The molecular weight excluding hydrogens is 292 g/mol. The standard InChI is InChI=1S/C15H15ClN2O3/c16-6-5-14(19)18-8-12-10(7-13(18)15(20)21)9-3-1-2-4-11(9)17-12/h1-4,13,17H,5-8H2,(H,20,21). The number of halogens is 1. The molecule has 1 amide bonds. The van der Waals surface area contributed by atoms with E-state index in [1.54, 1.807) is 0 Å². The summed E-state index contributed by atoms with van der Waals surface area (Å²) < 4.78 is 0. The highest BCUT2D eigenvalue weighted by molar-refractivity contribution is 6.19. The molecule has 110 valence electrons. The first-order chi connectivity index (χ1) is 10.1. The fourth-order valence-corrected chi connectivity index (χ4v) is 3.08. The Morgan fingerprint density at radius 2 is 2.14 bits per heavy atom. The first-order valence-corrected chi connectivity index (χ1v) is 7.32. The number of nitrogens with one attached hydrogen (secondary N) is 1. The van der Waals surface area contributed by atoms with E-state index in [4.69, 9.17) is 11.6 Å². The Labute approximate surface area is 126 Å². The Hall–Kier alpha value is -2.01. The lowest BCUT2D eigenvalue weighted by Crippen LogP contribution is -2.48. The van der Waals surface area contributed by atoms with E-state index in [0.29, 0.717) is 6.42 Å². The van der Waals surface area contributed by atoms with Crippen LogP contribution in [0, 0.1) is 0 Å². The predicted octanol–water partition coefficient (Wildman–Crippen LogP) is 2.13. The van der Waals surface area contributed by atoms with Crippen molar-refractivity contribution in [2.75, 3.05) is 5.88 Å². The summed E-state index contributed by atoms with van der Waals surface area (Å²) in [5.74, 6) is -1.00. The zero-order chi connectivity index (χ0) is 15.0. The summed E-state index contributed by atoms with van der Waals surface area (Å²) in [6, 6.07) is 6.95. The van der Waals surface area contributed by atoms with Crippen molar-refractivity contribution in [3.8, 4) is 0 Å². The van der Waals surface area contributed by atoms with E-state index >= 15 is 0 Å². The van der Waals surface area contributed by atoms with Crippen LogP contribution in [0.5, 0.6) is 0 Å². The third-order valence-corrected chi connectivity index (χ3v) is 4.11. The van der Waals surface area contributed by atoms with E-state index in [1.165, 1.54) is 4.90 Å². The number of hydrogen-bond donors (Lipinski definition) is 2. The molecule has 5 nitrogen and oxygen atoms in total. The van der Waals surface area contributed by atoms with Crippen molar-refractivity contribution in [2.45, 2.75) is 25.4 Å². The minimum absolute atomic E-state index is 0.154. The van der Waals surface area contributed by atoms with E-state index < -0.39 is 12.0 Å². The van der Waals surface area contributed by atoms with Crippen LogP contribution in [0.3, 0.4) is 0 Å². The summed E-state index contributed by atoms with van der Waals surface area (Å²) in [4.78, 5) is 28.3. The molecule has 6 heteroatoms. The number of para-hydroxylation sites is 1. The Bertz CT molecular complexity index is 710. The van der Waals surface area contributed by atoms with E-state index in [1.807, 2.05) is 24.3 Å². The molecule has 1 aromatic heterocycles. The second-order valence-electron chi connectivity index (χ2n) is 5.15. The molecule has 2 aromatic rings. The van der Waals surface area contributed by atoms with Crippen molar-refractivity contribution in [2.24, 2.45) is 0 Å². The summed E-state index contributed by atoms with van der Waals surface area (Å²) in [5.41, 5.74) is 2.88. The van der Waals surface area contributed by atoms with Crippen LogP contribution >= 0.6 is 11.6 Å². The maximum absolute atomic E-state index is 12.1. The van der Waals surface area contributed by atoms with Crippen LogP contribution in [0.1, 0.15) is 17.7 Å². The molecule has 0 spiro atoms. The fourth-order valence-electron chi connectivity index (χ4n) is 2.92. The van der Waals surface area contributed by atoms with Gasteiger partial charge < -0.3 is 15.0 Å². The minimum Gasteiger partial charge on any atom is -0.480 e. The van der Waals surface area contributed by atoms with Gasteiger partial charge in [-0.3, -0.25) is 4.79 Å². The van der Waals surface area contributed by atoms with Gasteiger partial charge in [0, 0.05) is 35.3 Å². The molecule has 2 N–H and O–H groups in total. The number of aromatic amines is 1. The molecule has 21 heavy (non-hydrogen) atoms. The first kappa shape index (κ1) is 13.9. The molecule has 0 saturated heterocycles. The number of aromatic nitrogens is 1. The van der Waals surface area contributed by atoms with Gasteiger partial charge in [0.1, 0.15) is 6.04 Å². The molecule has 0 saturated carbocycles. The molecular formula is C15H15ClN2O3. The van der Waals surface area contributed by atoms with Crippen LogP contribution in [-0.4, -0.2) is 38.8 Å². The van der Waals surface area contributed by atoms with Crippen molar-refractivity contribution < 1.29 is 14.7 Å².